The van der Waals surface area contributed by atoms with Crippen LogP contribution >= 0.6 is 0 Å². The summed E-state index contributed by atoms with van der Waals surface area (Å²) in [6, 6.07) is 0. The lowest BCUT2D eigenvalue weighted by atomic mass is 9.86. The van der Waals surface area contributed by atoms with Crippen LogP contribution in [0.15, 0.2) is 12.8 Å². The van der Waals surface area contributed by atoms with Gasteiger partial charge >= 0.3 is 0 Å². The van der Waals surface area contributed by atoms with E-state index in [0.717, 1.165) is 18.4 Å². The summed E-state index contributed by atoms with van der Waals surface area (Å²) in [6.45, 7) is 11.7. The van der Waals surface area contributed by atoms with Crippen LogP contribution in [0, 0.1) is 11.8 Å². The fourth-order valence-corrected chi connectivity index (χ4v) is 2.12. The van der Waals surface area contributed by atoms with Gasteiger partial charge in [-0.05, 0) is 24.5 Å². The molecule has 0 aromatic heterocycles. The smallest absolute Gasteiger partial charge is 0.0141 e. The molecule has 0 aliphatic carbocycles. The van der Waals surface area contributed by atoms with E-state index in [2.05, 4.69) is 32.7 Å². The molecule has 1 heteroatoms. The highest BCUT2D eigenvalue weighted by Crippen LogP contribution is 2.23. The summed E-state index contributed by atoms with van der Waals surface area (Å²) in [4.78, 5) is 0. The van der Waals surface area contributed by atoms with Crippen LogP contribution in [0.1, 0.15) is 52.9 Å². The zero-order valence-electron chi connectivity index (χ0n) is 10.2. The van der Waals surface area contributed by atoms with Crippen molar-refractivity contribution < 1.29 is 0 Å². The number of hydrogen-bond donors (Lipinski definition) is 1. The summed E-state index contributed by atoms with van der Waals surface area (Å²) in [6.07, 6.45) is 8.45. The van der Waals surface area contributed by atoms with Gasteiger partial charge in [-0.25, -0.2) is 0 Å². The Hall–Kier alpha value is -0.460. The predicted octanol–water partition coefficient (Wildman–Crippen LogP) is 3.96. The van der Waals surface area contributed by atoms with Crippen molar-refractivity contribution in [2.24, 2.45) is 11.8 Å². The van der Waals surface area contributed by atoms with Gasteiger partial charge in [-0.3, -0.25) is 0 Å². The van der Waals surface area contributed by atoms with Crippen molar-refractivity contribution in [2.75, 3.05) is 6.54 Å². The van der Waals surface area contributed by atoms with E-state index in [0.29, 0.717) is 0 Å². The summed E-state index contributed by atoms with van der Waals surface area (Å²) in [7, 11) is 0. The number of nitrogens with one attached hydrogen (secondary N) is 1. The molecule has 0 radical (unpaired) electrons. The predicted molar refractivity (Wildman–Crippen MR) is 65.3 cm³/mol. The Morgan fingerprint density at radius 3 is 2.36 bits per heavy atom. The van der Waals surface area contributed by atoms with Gasteiger partial charge in [-0.2, -0.15) is 0 Å². The molecule has 1 N–H and O–H groups in total. The van der Waals surface area contributed by atoms with Crippen molar-refractivity contribution in [3.05, 3.63) is 12.8 Å². The van der Waals surface area contributed by atoms with Gasteiger partial charge in [0.05, 0.1) is 0 Å². The van der Waals surface area contributed by atoms with Crippen molar-refractivity contribution in [1.82, 2.24) is 5.32 Å². The van der Waals surface area contributed by atoms with Crippen molar-refractivity contribution in [3.8, 4) is 0 Å². The fourth-order valence-electron chi connectivity index (χ4n) is 2.12. The second-order valence-corrected chi connectivity index (χ2v) is 4.21. The molecule has 0 fully saturated rings. The van der Waals surface area contributed by atoms with Crippen molar-refractivity contribution in [2.45, 2.75) is 52.9 Å². The van der Waals surface area contributed by atoms with E-state index in [4.69, 9.17) is 0 Å². The van der Waals surface area contributed by atoms with E-state index in [9.17, 15) is 0 Å². The second-order valence-electron chi connectivity index (χ2n) is 4.21. The Labute approximate surface area is 90.0 Å². The average Bonchev–Trinajstić information content (AvgIpc) is 2.19. The van der Waals surface area contributed by atoms with E-state index >= 15 is 0 Å². The van der Waals surface area contributed by atoms with Gasteiger partial charge in [0.1, 0.15) is 0 Å². The van der Waals surface area contributed by atoms with Gasteiger partial charge in [0.15, 0.2) is 0 Å². The molecule has 1 atom stereocenters. The molecule has 84 valence electrons. The first-order valence-corrected chi connectivity index (χ1v) is 6.10. The number of hydrogen-bond acceptors (Lipinski definition) is 1. The Morgan fingerprint density at radius 2 is 1.86 bits per heavy atom. The maximum absolute atomic E-state index is 3.64. The van der Waals surface area contributed by atoms with Crippen LogP contribution in [0.3, 0.4) is 0 Å². The van der Waals surface area contributed by atoms with Gasteiger partial charge in [-0.1, -0.05) is 53.0 Å². The Balaban J connectivity index is 3.41. The lowest BCUT2D eigenvalue weighted by Crippen LogP contribution is -2.11. The highest BCUT2D eigenvalue weighted by atomic mass is 14.8. The van der Waals surface area contributed by atoms with Crippen LogP contribution in [0.25, 0.3) is 0 Å². The lowest BCUT2D eigenvalue weighted by Gasteiger charge is -2.20. The molecule has 0 aliphatic rings. The van der Waals surface area contributed by atoms with Crippen LogP contribution in [-0.2, 0) is 0 Å². The van der Waals surface area contributed by atoms with Crippen LogP contribution in [-0.4, -0.2) is 6.54 Å². The van der Waals surface area contributed by atoms with Gasteiger partial charge in [0.25, 0.3) is 0 Å². The summed E-state index contributed by atoms with van der Waals surface area (Å²) in [5.41, 5.74) is 0. The van der Waals surface area contributed by atoms with Crippen LogP contribution < -0.4 is 5.32 Å². The molecule has 0 rings (SSSR count). The molecule has 14 heavy (non-hydrogen) atoms. The summed E-state index contributed by atoms with van der Waals surface area (Å²) >= 11 is 0. The maximum Gasteiger partial charge on any atom is 0.0141 e. The molecule has 0 aromatic carbocycles. The molecular weight excluding hydrogens is 170 g/mol. The quantitative estimate of drug-likeness (QED) is 0.552. The molecule has 0 bridgehead atoms. The van der Waals surface area contributed by atoms with Crippen LogP contribution in [0.2, 0.25) is 0 Å². The molecule has 1 nitrogen and oxygen atoms in total. The molecule has 0 saturated heterocycles. The lowest BCUT2D eigenvalue weighted by molar-refractivity contribution is 0.310. The SMILES string of the molecule is C=CNCCCCC(C)C(CC)CC. The number of unbranched alkanes of at least 4 members (excludes halogenated alkanes) is 1. The third-order valence-electron chi connectivity index (χ3n) is 3.23. The summed E-state index contributed by atoms with van der Waals surface area (Å²) in [5.74, 6) is 1.83. The highest BCUT2D eigenvalue weighted by molar-refractivity contribution is 4.66. The minimum Gasteiger partial charge on any atom is -0.391 e. The van der Waals surface area contributed by atoms with Crippen molar-refractivity contribution in [3.63, 3.8) is 0 Å². The van der Waals surface area contributed by atoms with E-state index in [1.807, 2.05) is 0 Å². The zero-order chi connectivity index (χ0) is 10.8. The Bertz CT molecular complexity index is 127. The maximum atomic E-state index is 3.64. The Morgan fingerprint density at radius 1 is 1.21 bits per heavy atom. The van der Waals surface area contributed by atoms with E-state index in [1.54, 1.807) is 6.20 Å². The molecule has 0 aromatic rings. The highest BCUT2D eigenvalue weighted by Gasteiger charge is 2.12. The summed E-state index contributed by atoms with van der Waals surface area (Å²) in [5, 5.41) is 3.14. The molecule has 1 unspecified atom stereocenters. The number of rotatable bonds is 9. The van der Waals surface area contributed by atoms with Gasteiger partial charge in [-0.15, -0.1) is 0 Å². The largest absolute Gasteiger partial charge is 0.391 e. The molecule has 0 saturated carbocycles. The first kappa shape index (κ1) is 13.5. The van der Waals surface area contributed by atoms with Crippen LogP contribution in [0.5, 0.6) is 0 Å². The molecule has 0 heterocycles. The second kappa shape index (κ2) is 9.11. The summed E-state index contributed by atoms with van der Waals surface area (Å²) < 4.78 is 0. The minimum absolute atomic E-state index is 0.897. The van der Waals surface area contributed by atoms with E-state index in [-0.39, 0.29) is 0 Å². The van der Waals surface area contributed by atoms with Gasteiger partial charge < -0.3 is 5.32 Å². The van der Waals surface area contributed by atoms with Gasteiger partial charge in [0, 0.05) is 6.54 Å². The van der Waals surface area contributed by atoms with Crippen LogP contribution in [0.4, 0.5) is 0 Å². The van der Waals surface area contributed by atoms with E-state index < -0.39 is 0 Å². The third-order valence-corrected chi connectivity index (χ3v) is 3.23. The zero-order valence-corrected chi connectivity index (χ0v) is 10.2. The minimum atomic E-state index is 0.897. The normalized spacial score (nSPS) is 12.9. The first-order chi connectivity index (χ1) is 6.76. The average molecular weight is 197 g/mol. The van der Waals surface area contributed by atoms with E-state index in [1.165, 1.54) is 32.1 Å². The van der Waals surface area contributed by atoms with Crippen molar-refractivity contribution >= 4 is 0 Å². The first-order valence-electron chi connectivity index (χ1n) is 6.10. The molecule has 0 amide bonds. The third kappa shape index (κ3) is 6.06. The standard InChI is InChI=1S/C13H27N/c1-5-13(6-2)12(4)10-8-9-11-14-7-3/h7,12-14H,3,5-6,8-11H2,1-2,4H3. The Kier molecular flexibility index (Phi) is 8.81. The molecular formula is C13H27N. The van der Waals surface area contributed by atoms with Crippen molar-refractivity contribution in [1.29, 1.82) is 0 Å². The molecule has 0 spiro atoms. The fraction of sp³-hybridized carbons (Fsp3) is 0.846. The molecule has 0 aliphatic heterocycles. The monoisotopic (exact) mass is 197 g/mol. The van der Waals surface area contributed by atoms with Gasteiger partial charge in [0.2, 0.25) is 0 Å². The topological polar surface area (TPSA) is 12.0 Å².